The van der Waals surface area contributed by atoms with Gasteiger partial charge in [-0.2, -0.15) is 0 Å². The molecule has 98 valence electrons. The van der Waals surface area contributed by atoms with E-state index < -0.39 is 5.97 Å². The molecule has 0 aromatic carbocycles. The van der Waals surface area contributed by atoms with E-state index in [1.807, 2.05) is 6.07 Å². The lowest BCUT2D eigenvalue weighted by Gasteiger charge is -2.04. The fourth-order valence-corrected chi connectivity index (χ4v) is 1.56. The highest BCUT2D eigenvalue weighted by Gasteiger charge is 2.02. The van der Waals surface area contributed by atoms with E-state index in [9.17, 15) is 9.59 Å². The van der Waals surface area contributed by atoms with Gasteiger partial charge in [-0.3, -0.25) is 14.6 Å². The van der Waals surface area contributed by atoms with Gasteiger partial charge in [0.15, 0.2) is 0 Å². The molecule has 0 spiro atoms. The summed E-state index contributed by atoms with van der Waals surface area (Å²) in [5.41, 5.74) is 0.890. The number of carboxylic acids is 1. The maximum Gasteiger partial charge on any atom is 0.303 e. The van der Waals surface area contributed by atoms with Gasteiger partial charge in [-0.25, -0.2) is 0 Å². The van der Waals surface area contributed by atoms with Crippen molar-refractivity contribution in [2.45, 2.75) is 32.1 Å². The number of nitrogens with zero attached hydrogens (tertiary/aromatic N) is 1. The number of pyridine rings is 1. The highest BCUT2D eigenvalue weighted by atomic mass is 16.4. The Kier molecular flexibility index (Phi) is 6.46. The van der Waals surface area contributed by atoms with Crippen LogP contribution in [0, 0.1) is 0 Å². The largest absolute Gasteiger partial charge is 0.481 e. The molecule has 0 aliphatic carbocycles. The van der Waals surface area contributed by atoms with Crippen LogP contribution in [-0.2, 0) is 16.0 Å². The molecule has 1 heterocycles. The first kappa shape index (κ1) is 14.2. The third-order valence-electron chi connectivity index (χ3n) is 2.48. The first-order valence-corrected chi connectivity index (χ1v) is 6.06. The fourth-order valence-electron chi connectivity index (χ4n) is 1.56. The summed E-state index contributed by atoms with van der Waals surface area (Å²) < 4.78 is 0. The highest BCUT2D eigenvalue weighted by molar-refractivity contribution is 5.78. The number of amides is 1. The van der Waals surface area contributed by atoms with Crippen molar-refractivity contribution in [1.29, 1.82) is 0 Å². The Labute approximate surface area is 106 Å². The number of aliphatic carboxylic acids is 1. The SMILES string of the molecule is O=C(O)CCCCCNC(=O)Cc1cccnc1. The Morgan fingerprint density at radius 3 is 2.78 bits per heavy atom. The number of hydrogen-bond acceptors (Lipinski definition) is 3. The number of rotatable bonds is 8. The third-order valence-corrected chi connectivity index (χ3v) is 2.48. The van der Waals surface area contributed by atoms with Gasteiger partial charge in [0.2, 0.25) is 5.91 Å². The molecule has 1 aromatic rings. The first-order chi connectivity index (χ1) is 8.68. The van der Waals surface area contributed by atoms with Crippen LogP contribution in [0.5, 0.6) is 0 Å². The zero-order valence-electron chi connectivity index (χ0n) is 10.3. The van der Waals surface area contributed by atoms with Crippen LogP contribution in [0.15, 0.2) is 24.5 Å². The number of unbranched alkanes of at least 4 members (excludes halogenated alkanes) is 2. The summed E-state index contributed by atoms with van der Waals surface area (Å²) in [6, 6.07) is 3.66. The van der Waals surface area contributed by atoms with Gasteiger partial charge in [-0.05, 0) is 24.5 Å². The van der Waals surface area contributed by atoms with Crippen LogP contribution in [0.1, 0.15) is 31.2 Å². The maximum absolute atomic E-state index is 11.5. The number of hydrogen-bond donors (Lipinski definition) is 2. The minimum atomic E-state index is -0.768. The van der Waals surface area contributed by atoms with Gasteiger partial charge < -0.3 is 10.4 Å². The smallest absolute Gasteiger partial charge is 0.303 e. The molecular weight excluding hydrogens is 232 g/mol. The zero-order chi connectivity index (χ0) is 13.2. The monoisotopic (exact) mass is 250 g/mol. The van der Waals surface area contributed by atoms with E-state index in [4.69, 9.17) is 5.11 Å². The van der Waals surface area contributed by atoms with Crippen LogP contribution in [0.2, 0.25) is 0 Å². The molecule has 0 bridgehead atoms. The number of aromatic nitrogens is 1. The molecule has 1 amide bonds. The summed E-state index contributed by atoms with van der Waals surface area (Å²) in [5, 5.41) is 11.3. The van der Waals surface area contributed by atoms with Gasteiger partial charge in [0.05, 0.1) is 6.42 Å². The lowest BCUT2D eigenvalue weighted by Crippen LogP contribution is -2.26. The molecule has 1 rings (SSSR count). The Morgan fingerprint density at radius 2 is 2.11 bits per heavy atom. The van der Waals surface area contributed by atoms with E-state index in [0.717, 1.165) is 18.4 Å². The maximum atomic E-state index is 11.5. The van der Waals surface area contributed by atoms with Crippen molar-refractivity contribution in [3.8, 4) is 0 Å². The molecule has 0 unspecified atom stereocenters. The van der Waals surface area contributed by atoms with E-state index in [0.29, 0.717) is 19.4 Å². The summed E-state index contributed by atoms with van der Waals surface area (Å²) >= 11 is 0. The number of carbonyl (C=O) groups excluding carboxylic acids is 1. The van der Waals surface area contributed by atoms with E-state index >= 15 is 0 Å². The van der Waals surface area contributed by atoms with Gasteiger partial charge in [0, 0.05) is 25.4 Å². The van der Waals surface area contributed by atoms with Crippen LogP contribution in [0.4, 0.5) is 0 Å². The van der Waals surface area contributed by atoms with Gasteiger partial charge in [-0.1, -0.05) is 12.5 Å². The van der Waals surface area contributed by atoms with E-state index in [2.05, 4.69) is 10.3 Å². The number of carboxylic acid groups (broad SMARTS) is 1. The van der Waals surface area contributed by atoms with Crippen molar-refractivity contribution < 1.29 is 14.7 Å². The van der Waals surface area contributed by atoms with Crippen molar-refractivity contribution in [2.75, 3.05) is 6.54 Å². The van der Waals surface area contributed by atoms with Crippen molar-refractivity contribution in [3.05, 3.63) is 30.1 Å². The standard InChI is InChI=1S/C13H18N2O3/c16-12(9-11-5-4-7-14-10-11)15-8-3-1-2-6-13(17)18/h4-5,7,10H,1-3,6,8-9H2,(H,15,16)(H,17,18). The molecule has 0 saturated heterocycles. The predicted octanol–water partition coefficient (Wildman–Crippen LogP) is 1.39. The zero-order valence-corrected chi connectivity index (χ0v) is 10.3. The topological polar surface area (TPSA) is 79.3 Å². The third kappa shape index (κ3) is 6.62. The molecule has 2 N–H and O–H groups in total. The second kappa shape index (κ2) is 8.22. The summed E-state index contributed by atoms with van der Waals surface area (Å²) in [7, 11) is 0. The Bertz CT molecular complexity index is 379. The normalized spacial score (nSPS) is 10.0. The van der Waals surface area contributed by atoms with Gasteiger partial charge in [0.1, 0.15) is 0 Å². The summed E-state index contributed by atoms with van der Waals surface area (Å²) in [6.07, 6.45) is 6.17. The molecule has 5 heteroatoms. The summed E-state index contributed by atoms with van der Waals surface area (Å²) in [4.78, 5) is 25.7. The first-order valence-electron chi connectivity index (χ1n) is 6.06. The lowest BCUT2D eigenvalue weighted by atomic mass is 10.2. The van der Waals surface area contributed by atoms with Crippen molar-refractivity contribution in [1.82, 2.24) is 10.3 Å². The Balaban J connectivity index is 2.05. The molecular formula is C13H18N2O3. The molecule has 0 aliphatic heterocycles. The van der Waals surface area contributed by atoms with Crippen LogP contribution in [0.25, 0.3) is 0 Å². The van der Waals surface area contributed by atoms with E-state index in [1.54, 1.807) is 18.5 Å². The molecule has 0 saturated carbocycles. The average molecular weight is 250 g/mol. The van der Waals surface area contributed by atoms with Crippen LogP contribution >= 0.6 is 0 Å². The highest BCUT2D eigenvalue weighted by Crippen LogP contribution is 1.99. The molecule has 5 nitrogen and oxygen atoms in total. The van der Waals surface area contributed by atoms with Gasteiger partial charge in [-0.15, -0.1) is 0 Å². The van der Waals surface area contributed by atoms with Crippen LogP contribution < -0.4 is 5.32 Å². The Hall–Kier alpha value is -1.91. The molecule has 1 aromatic heterocycles. The second-order valence-electron chi connectivity index (χ2n) is 4.09. The van der Waals surface area contributed by atoms with Crippen molar-refractivity contribution in [3.63, 3.8) is 0 Å². The summed E-state index contributed by atoms with van der Waals surface area (Å²) in [5.74, 6) is -0.795. The van der Waals surface area contributed by atoms with Crippen molar-refractivity contribution in [2.24, 2.45) is 0 Å². The molecule has 0 aliphatic rings. The molecule has 0 radical (unpaired) electrons. The van der Waals surface area contributed by atoms with Crippen molar-refractivity contribution >= 4 is 11.9 Å². The molecule has 0 atom stereocenters. The fraction of sp³-hybridized carbons (Fsp3) is 0.462. The van der Waals surface area contributed by atoms with E-state index in [1.165, 1.54) is 0 Å². The quantitative estimate of drug-likeness (QED) is 0.683. The molecule has 0 fully saturated rings. The lowest BCUT2D eigenvalue weighted by molar-refractivity contribution is -0.137. The number of nitrogens with one attached hydrogen (secondary N) is 1. The minimum Gasteiger partial charge on any atom is -0.481 e. The number of carbonyl (C=O) groups is 2. The minimum absolute atomic E-state index is 0.0266. The van der Waals surface area contributed by atoms with Gasteiger partial charge in [0.25, 0.3) is 0 Å². The summed E-state index contributed by atoms with van der Waals surface area (Å²) in [6.45, 7) is 0.596. The average Bonchev–Trinajstić information content (AvgIpc) is 2.34. The molecule has 18 heavy (non-hydrogen) atoms. The van der Waals surface area contributed by atoms with Crippen LogP contribution in [0.3, 0.4) is 0 Å². The second-order valence-corrected chi connectivity index (χ2v) is 4.09. The predicted molar refractivity (Wildman–Crippen MR) is 67.1 cm³/mol. The van der Waals surface area contributed by atoms with Crippen LogP contribution in [-0.4, -0.2) is 28.5 Å². The Morgan fingerprint density at radius 1 is 1.28 bits per heavy atom. The van der Waals surface area contributed by atoms with E-state index in [-0.39, 0.29) is 12.3 Å². The van der Waals surface area contributed by atoms with Gasteiger partial charge >= 0.3 is 5.97 Å².